The van der Waals surface area contributed by atoms with E-state index in [0.29, 0.717) is 6.61 Å². The molecule has 0 radical (unpaired) electrons. The predicted molar refractivity (Wildman–Crippen MR) is 90.3 cm³/mol. The smallest absolute Gasteiger partial charge is 0.335 e. The summed E-state index contributed by atoms with van der Waals surface area (Å²) in [4.78, 5) is 22.8. The van der Waals surface area contributed by atoms with Crippen molar-refractivity contribution in [1.82, 2.24) is 0 Å². The van der Waals surface area contributed by atoms with Crippen molar-refractivity contribution in [3.05, 3.63) is 59.7 Å². The molecule has 0 aliphatic carbocycles. The number of carboxylic acid groups (broad SMARTS) is 1. The van der Waals surface area contributed by atoms with Gasteiger partial charge in [0, 0.05) is 6.08 Å². The summed E-state index contributed by atoms with van der Waals surface area (Å²) in [5.74, 6) is -1.09. The standard InChI is InChI=1S/C18H17NO5/c1-2-24-14-7-3-12(4-8-14)5-10-17(21)19-15-11-13(18(22)23)6-9-16(15)20/h3-11,20H,2H2,1H3,(H,19,21)(H,22,23)/b10-5+. The molecule has 1 amide bonds. The molecule has 124 valence electrons. The Morgan fingerprint density at radius 1 is 1.17 bits per heavy atom. The van der Waals surface area contributed by atoms with Gasteiger partial charge in [0.1, 0.15) is 11.5 Å². The monoisotopic (exact) mass is 327 g/mol. The molecule has 0 atom stereocenters. The Morgan fingerprint density at radius 3 is 2.50 bits per heavy atom. The number of phenolic OH excluding ortho intramolecular Hbond substituents is 1. The molecule has 0 aliphatic heterocycles. The molecule has 24 heavy (non-hydrogen) atoms. The van der Waals surface area contributed by atoms with Crippen molar-refractivity contribution in [3.8, 4) is 11.5 Å². The van der Waals surface area contributed by atoms with Crippen LogP contribution in [0.4, 0.5) is 5.69 Å². The second kappa shape index (κ2) is 7.82. The molecule has 3 N–H and O–H groups in total. The predicted octanol–water partition coefficient (Wildman–Crippen LogP) is 3.14. The summed E-state index contributed by atoms with van der Waals surface area (Å²) in [7, 11) is 0. The lowest BCUT2D eigenvalue weighted by atomic mass is 10.2. The molecule has 6 heteroatoms. The average Bonchev–Trinajstić information content (AvgIpc) is 2.56. The van der Waals surface area contributed by atoms with Crippen LogP contribution in [0.25, 0.3) is 6.08 Å². The SMILES string of the molecule is CCOc1ccc(/C=C/C(=O)Nc2cc(C(=O)O)ccc2O)cc1. The first-order valence-corrected chi connectivity index (χ1v) is 7.28. The topological polar surface area (TPSA) is 95.9 Å². The van der Waals surface area contributed by atoms with E-state index in [0.717, 1.165) is 11.3 Å². The summed E-state index contributed by atoms with van der Waals surface area (Å²) in [6, 6.07) is 10.9. The lowest BCUT2D eigenvalue weighted by Gasteiger charge is -2.06. The van der Waals surface area contributed by atoms with E-state index in [9.17, 15) is 14.7 Å². The second-order valence-electron chi connectivity index (χ2n) is 4.86. The number of carbonyl (C=O) groups is 2. The van der Waals surface area contributed by atoms with Crippen molar-refractivity contribution < 1.29 is 24.5 Å². The first-order chi connectivity index (χ1) is 11.5. The number of ether oxygens (including phenoxy) is 1. The zero-order valence-electron chi connectivity index (χ0n) is 13.0. The van der Waals surface area contributed by atoms with Crippen molar-refractivity contribution in [2.24, 2.45) is 0 Å². The Labute approximate surface area is 139 Å². The summed E-state index contributed by atoms with van der Waals surface area (Å²) in [5, 5.41) is 21.1. The molecule has 0 bridgehead atoms. The average molecular weight is 327 g/mol. The van der Waals surface area contributed by atoms with Gasteiger partial charge < -0.3 is 20.3 Å². The van der Waals surface area contributed by atoms with E-state index < -0.39 is 11.9 Å². The molecular weight excluding hydrogens is 310 g/mol. The van der Waals surface area contributed by atoms with E-state index in [-0.39, 0.29) is 17.0 Å². The molecule has 0 unspecified atom stereocenters. The lowest BCUT2D eigenvalue weighted by Crippen LogP contribution is -2.09. The van der Waals surface area contributed by atoms with Crippen LogP contribution in [0.3, 0.4) is 0 Å². The molecule has 0 fully saturated rings. The maximum atomic E-state index is 11.9. The molecule has 2 aromatic carbocycles. The van der Waals surface area contributed by atoms with Gasteiger partial charge in [-0.2, -0.15) is 0 Å². The largest absolute Gasteiger partial charge is 0.506 e. The molecule has 0 aliphatic rings. The number of amides is 1. The van der Waals surface area contributed by atoms with Gasteiger partial charge in [0.2, 0.25) is 5.91 Å². The van der Waals surface area contributed by atoms with E-state index in [1.165, 1.54) is 24.3 Å². The number of aromatic hydroxyl groups is 1. The molecule has 0 heterocycles. The Morgan fingerprint density at radius 2 is 1.88 bits per heavy atom. The molecule has 0 spiro atoms. The molecule has 0 saturated heterocycles. The Balaban J connectivity index is 2.05. The minimum absolute atomic E-state index is 0.0291. The van der Waals surface area contributed by atoms with Gasteiger partial charge in [0.05, 0.1) is 17.9 Å². The Kier molecular flexibility index (Phi) is 5.57. The van der Waals surface area contributed by atoms with Gasteiger partial charge in [-0.3, -0.25) is 4.79 Å². The maximum absolute atomic E-state index is 11.9. The van der Waals surface area contributed by atoms with Gasteiger partial charge in [0.15, 0.2) is 0 Å². The molecule has 2 aromatic rings. The van der Waals surface area contributed by atoms with Gasteiger partial charge in [0.25, 0.3) is 0 Å². The van der Waals surface area contributed by atoms with Crippen LogP contribution in [-0.4, -0.2) is 28.7 Å². The van der Waals surface area contributed by atoms with Crippen LogP contribution in [0.15, 0.2) is 48.5 Å². The number of rotatable bonds is 6. The van der Waals surface area contributed by atoms with Gasteiger partial charge in [-0.15, -0.1) is 0 Å². The minimum atomic E-state index is -1.14. The summed E-state index contributed by atoms with van der Waals surface area (Å²) >= 11 is 0. The first-order valence-electron chi connectivity index (χ1n) is 7.28. The van der Waals surface area contributed by atoms with Crippen molar-refractivity contribution in [2.75, 3.05) is 11.9 Å². The number of carbonyl (C=O) groups excluding carboxylic acids is 1. The van der Waals surface area contributed by atoms with E-state index in [4.69, 9.17) is 9.84 Å². The third-order valence-electron chi connectivity index (χ3n) is 3.12. The fourth-order valence-corrected chi connectivity index (χ4v) is 1.96. The van der Waals surface area contributed by atoms with Gasteiger partial charge in [-0.1, -0.05) is 12.1 Å². The van der Waals surface area contributed by atoms with E-state index in [1.807, 2.05) is 6.92 Å². The summed E-state index contributed by atoms with van der Waals surface area (Å²) < 4.78 is 5.33. The van der Waals surface area contributed by atoms with Crippen LogP contribution in [0.1, 0.15) is 22.8 Å². The first kappa shape index (κ1) is 17.1. The zero-order chi connectivity index (χ0) is 17.5. The highest BCUT2D eigenvalue weighted by molar-refractivity contribution is 6.03. The van der Waals surface area contributed by atoms with Crippen LogP contribution in [0, 0.1) is 0 Å². The van der Waals surface area contributed by atoms with Gasteiger partial charge >= 0.3 is 5.97 Å². The van der Waals surface area contributed by atoms with Crippen LogP contribution in [-0.2, 0) is 4.79 Å². The number of aromatic carboxylic acids is 1. The highest BCUT2D eigenvalue weighted by Gasteiger charge is 2.09. The van der Waals surface area contributed by atoms with Crippen molar-refractivity contribution in [2.45, 2.75) is 6.92 Å². The number of benzene rings is 2. The number of hydrogen-bond donors (Lipinski definition) is 3. The van der Waals surface area contributed by atoms with E-state index in [1.54, 1.807) is 30.3 Å². The third kappa shape index (κ3) is 4.61. The highest BCUT2D eigenvalue weighted by atomic mass is 16.5. The normalized spacial score (nSPS) is 10.5. The van der Waals surface area contributed by atoms with Gasteiger partial charge in [-0.05, 0) is 48.9 Å². The Hall–Kier alpha value is -3.28. The summed E-state index contributed by atoms with van der Waals surface area (Å²) in [6.45, 7) is 2.48. The number of phenols is 1. The lowest BCUT2D eigenvalue weighted by molar-refractivity contribution is -0.111. The van der Waals surface area contributed by atoms with Crippen LogP contribution in [0.2, 0.25) is 0 Å². The third-order valence-corrected chi connectivity index (χ3v) is 3.12. The number of carboxylic acids is 1. The van der Waals surface area contributed by atoms with Crippen molar-refractivity contribution >= 4 is 23.6 Å². The molecule has 6 nitrogen and oxygen atoms in total. The van der Waals surface area contributed by atoms with Crippen molar-refractivity contribution in [1.29, 1.82) is 0 Å². The quantitative estimate of drug-likeness (QED) is 0.559. The second-order valence-corrected chi connectivity index (χ2v) is 4.86. The summed E-state index contributed by atoms with van der Waals surface area (Å²) in [5.41, 5.74) is 0.812. The Bertz CT molecular complexity index is 765. The molecular formula is C18H17NO5. The van der Waals surface area contributed by atoms with E-state index in [2.05, 4.69) is 5.32 Å². The molecule has 0 saturated carbocycles. The summed E-state index contributed by atoms with van der Waals surface area (Å²) in [6.07, 6.45) is 2.89. The molecule has 0 aromatic heterocycles. The minimum Gasteiger partial charge on any atom is -0.506 e. The van der Waals surface area contributed by atoms with Crippen molar-refractivity contribution in [3.63, 3.8) is 0 Å². The fraction of sp³-hybridized carbons (Fsp3) is 0.111. The van der Waals surface area contributed by atoms with Crippen LogP contribution >= 0.6 is 0 Å². The zero-order valence-corrected chi connectivity index (χ0v) is 13.0. The fourth-order valence-electron chi connectivity index (χ4n) is 1.96. The van der Waals surface area contributed by atoms with Crippen LogP contribution < -0.4 is 10.1 Å². The number of hydrogen-bond acceptors (Lipinski definition) is 4. The maximum Gasteiger partial charge on any atom is 0.335 e. The van der Waals surface area contributed by atoms with E-state index >= 15 is 0 Å². The molecule has 2 rings (SSSR count). The van der Waals surface area contributed by atoms with Crippen LogP contribution in [0.5, 0.6) is 11.5 Å². The number of anilines is 1. The highest BCUT2D eigenvalue weighted by Crippen LogP contribution is 2.24. The van der Waals surface area contributed by atoms with Gasteiger partial charge in [-0.25, -0.2) is 4.79 Å². The number of nitrogens with one attached hydrogen (secondary N) is 1.